The van der Waals surface area contributed by atoms with Crippen molar-refractivity contribution in [2.45, 2.75) is 52.2 Å². The zero-order chi connectivity index (χ0) is 25.5. The van der Waals surface area contributed by atoms with E-state index >= 15 is 0 Å². The molecule has 0 bridgehead atoms. The van der Waals surface area contributed by atoms with Crippen LogP contribution in [0.3, 0.4) is 0 Å². The number of hydrogen-bond acceptors (Lipinski definition) is 4. The lowest BCUT2D eigenvalue weighted by Crippen LogP contribution is -2.49. The van der Waals surface area contributed by atoms with E-state index in [9.17, 15) is 22.4 Å². The molecule has 0 aliphatic carbocycles. The van der Waals surface area contributed by atoms with E-state index in [1.807, 2.05) is 19.9 Å². The molecule has 0 radical (unpaired) electrons. The Balaban J connectivity index is 2.16. The number of nitrogens with zero attached hydrogens (tertiary/aromatic N) is 2. The number of carbonyl (C=O) groups excluding carboxylic acids is 2. The quantitative estimate of drug-likeness (QED) is 0.494. The molecule has 0 saturated heterocycles. The van der Waals surface area contributed by atoms with E-state index < -0.39 is 21.9 Å². The van der Waals surface area contributed by atoms with E-state index in [4.69, 9.17) is 11.6 Å². The summed E-state index contributed by atoms with van der Waals surface area (Å²) >= 11 is 6.08. The first-order chi connectivity index (χ1) is 15.9. The third-order valence-electron chi connectivity index (χ3n) is 5.11. The fourth-order valence-corrected chi connectivity index (χ4v) is 4.61. The van der Waals surface area contributed by atoms with Crippen molar-refractivity contribution in [2.24, 2.45) is 0 Å². The van der Waals surface area contributed by atoms with Crippen LogP contribution >= 0.6 is 11.6 Å². The Morgan fingerprint density at radius 3 is 2.29 bits per heavy atom. The lowest BCUT2D eigenvalue weighted by Gasteiger charge is -2.30. The molecule has 0 aliphatic heterocycles. The molecule has 0 heterocycles. The van der Waals surface area contributed by atoms with Crippen LogP contribution in [0.15, 0.2) is 48.5 Å². The van der Waals surface area contributed by atoms with Gasteiger partial charge in [0.1, 0.15) is 11.9 Å². The van der Waals surface area contributed by atoms with Gasteiger partial charge in [-0.3, -0.25) is 13.9 Å². The van der Waals surface area contributed by atoms with E-state index in [0.717, 1.165) is 16.1 Å². The maximum absolute atomic E-state index is 13.3. The Labute approximate surface area is 205 Å². The molecule has 34 heavy (non-hydrogen) atoms. The van der Waals surface area contributed by atoms with Crippen LogP contribution in [0.25, 0.3) is 0 Å². The van der Waals surface area contributed by atoms with Gasteiger partial charge in [-0.1, -0.05) is 23.7 Å². The highest BCUT2D eigenvalue weighted by Gasteiger charge is 2.27. The summed E-state index contributed by atoms with van der Waals surface area (Å²) in [6.07, 6.45) is 1.29. The zero-order valence-corrected chi connectivity index (χ0v) is 21.4. The summed E-state index contributed by atoms with van der Waals surface area (Å²) in [5, 5.41) is 3.34. The lowest BCUT2D eigenvalue weighted by atomic mass is 10.1. The van der Waals surface area contributed by atoms with E-state index in [-0.39, 0.29) is 43.8 Å². The Morgan fingerprint density at radius 1 is 1.09 bits per heavy atom. The fourth-order valence-electron chi connectivity index (χ4n) is 3.43. The normalized spacial score (nSPS) is 12.3. The second kappa shape index (κ2) is 12.2. The smallest absolute Gasteiger partial charge is 0.242 e. The molecule has 2 aromatic carbocycles. The summed E-state index contributed by atoms with van der Waals surface area (Å²) in [5.41, 5.74) is 1.09. The van der Waals surface area contributed by atoms with Gasteiger partial charge in [0.2, 0.25) is 21.8 Å². The number of hydrogen-bond donors (Lipinski definition) is 1. The number of amides is 2. The average Bonchev–Trinajstić information content (AvgIpc) is 2.74. The summed E-state index contributed by atoms with van der Waals surface area (Å²) < 4.78 is 38.9. The molecule has 0 saturated carbocycles. The van der Waals surface area contributed by atoms with Gasteiger partial charge < -0.3 is 10.2 Å². The zero-order valence-electron chi connectivity index (χ0n) is 19.8. The van der Waals surface area contributed by atoms with E-state index in [1.165, 1.54) is 29.2 Å². The first kappa shape index (κ1) is 27.6. The van der Waals surface area contributed by atoms with Crippen molar-refractivity contribution in [2.75, 3.05) is 17.1 Å². The highest BCUT2D eigenvalue weighted by atomic mass is 35.5. The van der Waals surface area contributed by atoms with Crippen LogP contribution in [-0.4, -0.2) is 50.0 Å². The van der Waals surface area contributed by atoms with Crippen LogP contribution in [0.1, 0.15) is 39.2 Å². The Bertz CT molecular complexity index is 1090. The predicted molar refractivity (Wildman–Crippen MR) is 133 cm³/mol. The summed E-state index contributed by atoms with van der Waals surface area (Å²) in [5.74, 6) is -1.05. The SMILES string of the molecule is CC(C)NC(=O)C(C)N(Cc1cccc(Cl)c1)C(=O)CCCN(c1ccc(F)cc1)S(C)(=O)=O. The lowest BCUT2D eigenvalue weighted by molar-refractivity contribution is -0.140. The van der Waals surface area contributed by atoms with Crippen molar-refractivity contribution in [1.29, 1.82) is 0 Å². The van der Waals surface area contributed by atoms with Gasteiger partial charge in [0.25, 0.3) is 0 Å². The Morgan fingerprint density at radius 2 is 1.74 bits per heavy atom. The molecule has 2 aromatic rings. The van der Waals surface area contributed by atoms with Gasteiger partial charge in [0.15, 0.2) is 0 Å². The van der Waals surface area contributed by atoms with Gasteiger partial charge in [-0.05, 0) is 69.2 Å². The summed E-state index contributed by atoms with van der Waals surface area (Å²) in [6, 6.07) is 11.3. The van der Waals surface area contributed by atoms with Crippen LogP contribution in [0.4, 0.5) is 10.1 Å². The number of nitrogens with one attached hydrogen (secondary N) is 1. The number of benzene rings is 2. The van der Waals surface area contributed by atoms with Crippen LogP contribution in [0.2, 0.25) is 5.02 Å². The number of carbonyl (C=O) groups is 2. The summed E-state index contributed by atoms with van der Waals surface area (Å²) in [6.45, 7) is 5.54. The van der Waals surface area contributed by atoms with Crippen molar-refractivity contribution in [3.05, 3.63) is 64.9 Å². The van der Waals surface area contributed by atoms with Crippen molar-refractivity contribution >= 4 is 39.1 Å². The van der Waals surface area contributed by atoms with Gasteiger partial charge in [0, 0.05) is 30.6 Å². The highest BCUT2D eigenvalue weighted by Crippen LogP contribution is 2.20. The van der Waals surface area contributed by atoms with Crippen LogP contribution in [-0.2, 0) is 26.2 Å². The summed E-state index contributed by atoms with van der Waals surface area (Å²) in [4.78, 5) is 27.3. The van der Waals surface area contributed by atoms with Crippen molar-refractivity contribution in [3.8, 4) is 0 Å². The monoisotopic (exact) mass is 511 g/mol. The second-order valence-corrected chi connectivity index (χ2v) is 10.7. The highest BCUT2D eigenvalue weighted by molar-refractivity contribution is 7.92. The maximum atomic E-state index is 13.3. The number of rotatable bonds is 11. The van der Waals surface area contributed by atoms with E-state index in [1.54, 1.807) is 25.1 Å². The molecule has 186 valence electrons. The first-order valence-electron chi connectivity index (χ1n) is 11.0. The maximum Gasteiger partial charge on any atom is 0.242 e. The average molecular weight is 512 g/mol. The number of anilines is 1. The van der Waals surface area contributed by atoms with E-state index in [0.29, 0.717) is 10.7 Å². The first-order valence-corrected chi connectivity index (χ1v) is 13.2. The Kier molecular flexibility index (Phi) is 9.88. The molecular weight excluding hydrogens is 481 g/mol. The standard InChI is InChI=1S/C24H31ClFN3O4S/c1-17(2)27-24(31)18(3)28(16-19-7-5-8-20(25)15-19)23(30)9-6-14-29(34(4,32)33)22-12-10-21(26)11-13-22/h5,7-8,10-13,15,17-18H,6,9,14,16H2,1-4H3,(H,27,31). The molecule has 0 aromatic heterocycles. The molecular formula is C24H31ClFN3O4S. The molecule has 10 heteroatoms. The second-order valence-electron chi connectivity index (χ2n) is 8.41. The van der Waals surface area contributed by atoms with Gasteiger partial charge in [-0.2, -0.15) is 0 Å². The van der Waals surface area contributed by atoms with Crippen LogP contribution < -0.4 is 9.62 Å². The molecule has 0 spiro atoms. The fraction of sp³-hybridized carbons (Fsp3) is 0.417. The third kappa shape index (κ3) is 8.29. The molecule has 0 fully saturated rings. The van der Waals surface area contributed by atoms with Gasteiger partial charge >= 0.3 is 0 Å². The molecule has 7 nitrogen and oxygen atoms in total. The van der Waals surface area contributed by atoms with Crippen LogP contribution in [0.5, 0.6) is 0 Å². The minimum Gasteiger partial charge on any atom is -0.352 e. The van der Waals surface area contributed by atoms with Gasteiger partial charge in [0.05, 0.1) is 11.9 Å². The molecule has 0 aliphatic rings. The largest absolute Gasteiger partial charge is 0.352 e. The van der Waals surface area contributed by atoms with E-state index in [2.05, 4.69) is 5.32 Å². The molecule has 2 amide bonds. The minimum atomic E-state index is -3.64. The number of sulfonamides is 1. The van der Waals surface area contributed by atoms with Crippen molar-refractivity contribution < 1.29 is 22.4 Å². The molecule has 1 atom stereocenters. The minimum absolute atomic E-state index is 0.0209. The molecule has 1 unspecified atom stereocenters. The Hall–Kier alpha value is -2.65. The number of halogens is 2. The van der Waals surface area contributed by atoms with Crippen molar-refractivity contribution in [1.82, 2.24) is 10.2 Å². The molecule has 1 N–H and O–H groups in total. The van der Waals surface area contributed by atoms with Crippen LogP contribution in [0, 0.1) is 5.82 Å². The van der Waals surface area contributed by atoms with Crippen molar-refractivity contribution in [3.63, 3.8) is 0 Å². The van der Waals surface area contributed by atoms with Gasteiger partial charge in [-0.25, -0.2) is 12.8 Å². The predicted octanol–water partition coefficient (Wildman–Crippen LogP) is 3.97. The summed E-state index contributed by atoms with van der Waals surface area (Å²) in [7, 11) is -3.64. The molecule has 2 rings (SSSR count). The topological polar surface area (TPSA) is 86.8 Å². The van der Waals surface area contributed by atoms with Gasteiger partial charge in [-0.15, -0.1) is 0 Å². The third-order valence-corrected chi connectivity index (χ3v) is 6.54.